The third-order valence-electron chi connectivity index (χ3n) is 4.04. The second-order valence-electron chi connectivity index (χ2n) is 6.08. The van der Waals surface area contributed by atoms with Gasteiger partial charge in [0.25, 0.3) is 5.91 Å². The van der Waals surface area contributed by atoms with Crippen molar-refractivity contribution in [2.24, 2.45) is 0 Å². The van der Waals surface area contributed by atoms with E-state index in [4.69, 9.17) is 4.74 Å². The Morgan fingerprint density at radius 3 is 2.46 bits per heavy atom. The summed E-state index contributed by atoms with van der Waals surface area (Å²) in [5.74, 6) is -0.138. The molecule has 0 fully saturated rings. The number of para-hydroxylation sites is 1. The molecule has 2 aromatic carbocycles. The van der Waals surface area contributed by atoms with Crippen LogP contribution in [0, 0.1) is 0 Å². The molecular formula is C19H20N4O4S. The van der Waals surface area contributed by atoms with Gasteiger partial charge in [-0.15, -0.1) is 0 Å². The van der Waals surface area contributed by atoms with Gasteiger partial charge in [0.2, 0.25) is 10.0 Å². The van der Waals surface area contributed by atoms with E-state index < -0.39 is 15.9 Å². The lowest BCUT2D eigenvalue weighted by atomic mass is 10.2. The molecule has 0 aliphatic carbocycles. The van der Waals surface area contributed by atoms with Crippen molar-refractivity contribution in [3.8, 4) is 11.4 Å². The zero-order valence-electron chi connectivity index (χ0n) is 15.7. The fraction of sp³-hybridized carbons (Fsp3) is 0.158. The van der Waals surface area contributed by atoms with Crippen molar-refractivity contribution in [2.45, 2.75) is 4.90 Å². The van der Waals surface area contributed by atoms with Gasteiger partial charge in [0, 0.05) is 20.3 Å². The van der Waals surface area contributed by atoms with E-state index in [1.54, 1.807) is 16.9 Å². The summed E-state index contributed by atoms with van der Waals surface area (Å²) in [5, 5.41) is 6.94. The first kappa shape index (κ1) is 19.6. The van der Waals surface area contributed by atoms with Gasteiger partial charge < -0.3 is 10.1 Å². The van der Waals surface area contributed by atoms with Gasteiger partial charge >= 0.3 is 0 Å². The molecule has 0 spiro atoms. The third kappa shape index (κ3) is 3.90. The molecule has 0 saturated carbocycles. The van der Waals surface area contributed by atoms with Crippen LogP contribution in [0.1, 0.15) is 10.5 Å². The minimum Gasteiger partial charge on any atom is -0.495 e. The molecule has 28 heavy (non-hydrogen) atoms. The van der Waals surface area contributed by atoms with E-state index in [1.807, 2.05) is 30.3 Å². The summed E-state index contributed by atoms with van der Waals surface area (Å²) in [6.45, 7) is 0. The Labute approximate surface area is 163 Å². The summed E-state index contributed by atoms with van der Waals surface area (Å²) in [7, 11) is 0.667. The number of sulfonamides is 1. The lowest BCUT2D eigenvalue weighted by molar-refractivity contribution is 0.102. The molecule has 0 saturated heterocycles. The van der Waals surface area contributed by atoms with Crippen molar-refractivity contribution in [2.75, 3.05) is 26.5 Å². The molecule has 1 aromatic heterocycles. The normalized spacial score (nSPS) is 11.4. The van der Waals surface area contributed by atoms with Crippen molar-refractivity contribution < 1.29 is 17.9 Å². The Balaban J connectivity index is 1.89. The van der Waals surface area contributed by atoms with Crippen molar-refractivity contribution in [3.63, 3.8) is 0 Å². The molecule has 8 nitrogen and oxygen atoms in total. The van der Waals surface area contributed by atoms with Gasteiger partial charge in [-0.3, -0.25) is 4.79 Å². The molecule has 0 radical (unpaired) electrons. The zero-order chi connectivity index (χ0) is 20.3. The smallest absolute Gasteiger partial charge is 0.276 e. The SMILES string of the molecule is COc1ccc(S(=O)(=O)N(C)C)cc1NC(=O)c1ccn(-c2ccccc2)n1. The van der Waals surface area contributed by atoms with Crippen LogP contribution in [0.5, 0.6) is 5.75 Å². The van der Waals surface area contributed by atoms with Crippen molar-refractivity contribution in [1.82, 2.24) is 14.1 Å². The second kappa shape index (κ2) is 7.83. The first-order chi connectivity index (χ1) is 13.3. The molecule has 0 aliphatic rings. The van der Waals surface area contributed by atoms with Crippen LogP contribution in [0.4, 0.5) is 5.69 Å². The molecule has 0 bridgehead atoms. The highest BCUT2D eigenvalue weighted by atomic mass is 32.2. The van der Waals surface area contributed by atoms with E-state index in [9.17, 15) is 13.2 Å². The average molecular weight is 400 g/mol. The Morgan fingerprint density at radius 2 is 1.82 bits per heavy atom. The van der Waals surface area contributed by atoms with E-state index in [0.717, 1.165) is 9.99 Å². The maximum Gasteiger partial charge on any atom is 0.276 e. The van der Waals surface area contributed by atoms with Crippen LogP contribution in [0.2, 0.25) is 0 Å². The van der Waals surface area contributed by atoms with Crippen molar-refractivity contribution in [1.29, 1.82) is 0 Å². The lowest BCUT2D eigenvalue weighted by Crippen LogP contribution is -2.22. The molecule has 0 atom stereocenters. The van der Waals surface area contributed by atoms with Crippen molar-refractivity contribution >= 4 is 21.6 Å². The van der Waals surface area contributed by atoms with Gasteiger partial charge in [0.1, 0.15) is 5.75 Å². The number of amides is 1. The monoisotopic (exact) mass is 400 g/mol. The summed E-state index contributed by atoms with van der Waals surface area (Å²) in [6.07, 6.45) is 1.68. The highest BCUT2D eigenvalue weighted by Crippen LogP contribution is 2.28. The van der Waals surface area contributed by atoms with Crippen LogP contribution in [0.15, 0.2) is 65.7 Å². The van der Waals surface area contributed by atoms with Crippen LogP contribution in [0.25, 0.3) is 5.69 Å². The van der Waals surface area contributed by atoms with Crippen molar-refractivity contribution in [3.05, 3.63) is 66.5 Å². The number of methoxy groups -OCH3 is 1. The van der Waals surface area contributed by atoms with E-state index in [2.05, 4.69) is 10.4 Å². The zero-order valence-corrected chi connectivity index (χ0v) is 16.5. The number of nitrogens with one attached hydrogen (secondary N) is 1. The molecule has 3 rings (SSSR count). The highest BCUT2D eigenvalue weighted by Gasteiger charge is 2.20. The van der Waals surface area contributed by atoms with Gasteiger partial charge in [-0.05, 0) is 36.4 Å². The molecule has 1 N–H and O–H groups in total. The number of carbonyl (C=O) groups is 1. The van der Waals surface area contributed by atoms with Crippen LogP contribution in [-0.4, -0.2) is 49.6 Å². The number of rotatable bonds is 6. The number of hydrogen-bond acceptors (Lipinski definition) is 5. The highest BCUT2D eigenvalue weighted by molar-refractivity contribution is 7.89. The first-order valence-electron chi connectivity index (χ1n) is 8.36. The summed E-state index contributed by atoms with van der Waals surface area (Å²) >= 11 is 0. The molecule has 3 aromatic rings. The maximum atomic E-state index is 12.6. The summed E-state index contributed by atoms with van der Waals surface area (Å²) < 4.78 is 32.6. The third-order valence-corrected chi connectivity index (χ3v) is 5.85. The molecule has 1 amide bonds. The summed E-state index contributed by atoms with van der Waals surface area (Å²) in [4.78, 5) is 12.7. The topological polar surface area (TPSA) is 93.5 Å². The first-order valence-corrected chi connectivity index (χ1v) is 9.80. The van der Waals surface area contributed by atoms with Crippen LogP contribution in [-0.2, 0) is 10.0 Å². The number of aromatic nitrogens is 2. The fourth-order valence-electron chi connectivity index (χ4n) is 2.51. The number of nitrogens with zero attached hydrogens (tertiary/aromatic N) is 3. The van der Waals surface area contributed by atoms with Gasteiger partial charge in [-0.25, -0.2) is 17.4 Å². The Bertz CT molecular complexity index is 1090. The Morgan fingerprint density at radius 1 is 1.11 bits per heavy atom. The molecule has 1 heterocycles. The quantitative estimate of drug-likeness (QED) is 0.686. The fourth-order valence-corrected chi connectivity index (χ4v) is 3.44. The predicted octanol–water partition coefficient (Wildman–Crippen LogP) is 2.38. The van der Waals surface area contributed by atoms with E-state index in [-0.39, 0.29) is 16.3 Å². The van der Waals surface area contributed by atoms with E-state index >= 15 is 0 Å². The van der Waals surface area contributed by atoms with Crippen LogP contribution < -0.4 is 10.1 Å². The lowest BCUT2D eigenvalue weighted by Gasteiger charge is -2.14. The second-order valence-corrected chi connectivity index (χ2v) is 8.24. The average Bonchev–Trinajstić information content (AvgIpc) is 3.19. The Hall–Kier alpha value is -3.17. The standard InChI is InChI=1S/C19H20N4O4S/c1-22(2)28(25,26)15-9-10-18(27-3)17(13-15)20-19(24)16-11-12-23(21-16)14-7-5-4-6-8-14/h4-13H,1-3H3,(H,20,24). The molecule has 0 unspecified atom stereocenters. The largest absolute Gasteiger partial charge is 0.495 e. The number of anilines is 1. The number of carbonyl (C=O) groups excluding carboxylic acids is 1. The number of ether oxygens (including phenoxy) is 1. The van der Waals surface area contributed by atoms with Gasteiger partial charge in [-0.2, -0.15) is 5.10 Å². The molecule has 146 valence electrons. The van der Waals surface area contributed by atoms with Gasteiger partial charge in [0.15, 0.2) is 5.69 Å². The summed E-state index contributed by atoms with van der Waals surface area (Å²) in [5.41, 5.74) is 1.25. The minimum absolute atomic E-state index is 0.0448. The van der Waals surface area contributed by atoms with E-state index in [1.165, 1.54) is 39.4 Å². The molecule has 9 heteroatoms. The molecular weight excluding hydrogens is 380 g/mol. The predicted molar refractivity (Wildman–Crippen MR) is 105 cm³/mol. The summed E-state index contributed by atoms with van der Waals surface area (Å²) in [6, 6.07) is 15.2. The molecule has 0 aliphatic heterocycles. The van der Waals surface area contributed by atoms with Gasteiger partial charge in [0.05, 0.1) is 23.4 Å². The van der Waals surface area contributed by atoms with Crippen LogP contribution in [0.3, 0.4) is 0 Å². The number of benzene rings is 2. The Kier molecular flexibility index (Phi) is 5.48. The maximum absolute atomic E-state index is 12.6. The number of hydrogen-bond donors (Lipinski definition) is 1. The van der Waals surface area contributed by atoms with Gasteiger partial charge in [-0.1, -0.05) is 18.2 Å². The van der Waals surface area contributed by atoms with E-state index in [0.29, 0.717) is 5.75 Å². The van der Waals surface area contributed by atoms with Crippen LogP contribution >= 0.6 is 0 Å². The minimum atomic E-state index is -3.65.